The summed E-state index contributed by atoms with van der Waals surface area (Å²) >= 11 is 0. The highest BCUT2D eigenvalue weighted by atomic mass is 16.6. The van der Waals surface area contributed by atoms with Gasteiger partial charge in [-0.1, -0.05) is 30.3 Å². The van der Waals surface area contributed by atoms with Crippen molar-refractivity contribution < 1.29 is 14.5 Å². The van der Waals surface area contributed by atoms with Gasteiger partial charge in [0.15, 0.2) is 6.61 Å². The van der Waals surface area contributed by atoms with Crippen molar-refractivity contribution in [3.05, 3.63) is 76.0 Å². The lowest BCUT2D eigenvalue weighted by atomic mass is 10.2. The molecule has 0 saturated heterocycles. The van der Waals surface area contributed by atoms with E-state index >= 15 is 0 Å². The van der Waals surface area contributed by atoms with Crippen LogP contribution >= 0.6 is 0 Å². The maximum Gasteiger partial charge on any atom is 0.262 e. The fraction of sp³-hybridized carbons (Fsp3) is 0.118. The van der Waals surface area contributed by atoms with Gasteiger partial charge in [-0.05, 0) is 36.2 Å². The Morgan fingerprint density at radius 2 is 1.91 bits per heavy atom. The highest BCUT2D eigenvalue weighted by Crippen LogP contribution is 2.15. The normalized spacial score (nSPS) is 10.5. The molecule has 2 aromatic rings. The molecule has 6 nitrogen and oxygen atoms in total. The molecule has 0 aliphatic heterocycles. The third-order valence-corrected chi connectivity index (χ3v) is 3.06. The molecular weight excluding hydrogens is 296 g/mol. The monoisotopic (exact) mass is 312 g/mol. The first-order chi connectivity index (χ1) is 11.0. The Morgan fingerprint density at radius 1 is 1.22 bits per heavy atom. The first kappa shape index (κ1) is 16.2. The van der Waals surface area contributed by atoms with Crippen molar-refractivity contribution in [2.75, 3.05) is 11.9 Å². The van der Waals surface area contributed by atoms with Crippen LogP contribution in [0.3, 0.4) is 0 Å². The predicted molar refractivity (Wildman–Crippen MR) is 87.8 cm³/mol. The SMILES string of the molecule is Cc1ccccc1NC(=O)COc1ccc(/C=C/[N+](=O)[O-])cc1. The number of nitro groups is 1. The van der Waals surface area contributed by atoms with Gasteiger partial charge in [0.25, 0.3) is 5.91 Å². The highest BCUT2D eigenvalue weighted by Gasteiger charge is 2.05. The van der Waals surface area contributed by atoms with Crippen LogP contribution in [-0.4, -0.2) is 17.4 Å². The van der Waals surface area contributed by atoms with Crippen LogP contribution in [0.1, 0.15) is 11.1 Å². The topological polar surface area (TPSA) is 81.5 Å². The fourth-order valence-corrected chi connectivity index (χ4v) is 1.87. The van der Waals surface area contributed by atoms with Crippen LogP contribution in [0, 0.1) is 17.0 Å². The number of para-hydroxylation sites is 1. The minimum absolute atomic E-state index is 0.113. The van der Waals surface area contributed by atoms with E-state index in [0.717, 1.165) is 17.5 Å². The van der Waals surface area contributed by atoms with Crippen LogP contribution in [0.2, 0.25) is 0 Å². The number of amides is 1. The number of carbonyl (C=O) groups is 1. The van der Waals surface area contributed by atoms with E-state index in [1.807, 2.05) is 31.2 Å². The zero-order valence-corrected chi connectivity index (χ0v) is 12.6. The minimum Gasteiger partial charge on any atom is -0.484 e. The number of rotatable bonds is 6. The van der Waals surface area contributed by atoms with Crippen molar-refractivity contribution in [1.29, 1.82) is 0 Å². The van der Waals surface area contributed by atoms with Gasteiger partial charge in [-0.15, -0.1) is 0 Å². The second-order valence-corrected chi connectivity index (χ2v) is 4.82. The van der Waals surface area contributed by atoms with Crippen molar-refractivity contribution in [3.8, 4) is 5.75 Å². The molecule has 0 unspecified atom stereocenters. The first-order valence-corrected chi connectivity index (χ1v) is 6.94. The number of nitrogens with zero attached hydrogens (tertiary/aromatic N) is 1. The number of hydrogen-bond donors (Lipinski definition) is 1. The number of anilines is 1. The van der Waals surface area contributed by atoms with E-state index < -0.39 is 4.92 Å². The predicted octanol–water partition coefficient (Wildman–Crippen LogP) is 3.26. The number of hydrogen-bond acceptors (Lipinski definition) is 4. The Balaban J connectivity index is 1.87. The summed E-state index contributed by atoms with van der Waals surface area (Å²) < 4.78 is 5.39. The van der Waals surface area contributed by atoms with Crippen molar-refractivity contribution >= 4 is 17.7 Å². The van der Waals surface area contributed by atoms with Crippen LogP contribution in [0.25, 0.3) is 6.08 Å². The standard InChI is InChI=1S/C17H16N2O4/c1-13-4-2-3-5-16(13)18-17(20)12-23-15-8-6-14(7-9-15)10-11-19(21)22/h2-11H,12H2,1H3,(H,18,20)/b11-10+. The van der Waals surface area contributed by atoms with Crippen molar-refractivity contribution in [2.45, 2.75) is 6.92 Å². The van der Waals surface area contributed by atoms with E-state index in [2.05, 4.69) is 5.32 Å². The molecule has 0 bridgehead atoms. The number of carbonyl (C=O) groups excluding carboxylic acids is 1. The van der Waals surface area contributed by atoms with Gasteiger partial charge in [0.05, 0.1) is 4.92 Å². The van der Waals surface area contributed by atoms with Gasteiger partial charge in [-0.3, -0.25) is 14.9 Å². The van der Waals surface area contributed by atoms with Crippen LogP contribution in [-0.2, 0) is 4.79 Å². The summed E-state index contributed by atoms with van der Waals surface area (Å²) in [5, 5.41) is 13.0. The summed E-state index contributed by atoms with van der Waals surface area (Å²) in [5.74, 6) is 0.264. The van der Waals surface area contributed by atoms with Gasteiger partial charge in [0.1, 0.15) is 5.75 Å². The molecule has 1 amide bonds. The number of nitrogens with one attached hydrogen (secondary N) is 1. The number of aryl methyl sites for hydroxylation is 1. The average molecular weight is 312 g/mol. The summed E-state index contributed by atoms with van der Waals surface area (Å²) in [6, 6.07) is 14.1. The quantitative estimate of drug-likeness (QED) is 0.655. The van der Waals surface area contributed by atoms with Crippen molar-refractivity contribution in [2.24, 2.45) is 0 Å². The Morgan fingerprint density at radius 3 is 2.57 bits per heavy atom. The molecule has 1 N–H and O–H groups in total. The Hall–Kier alpha value is -3.15. The van der Waals surface area contributed by atoms with Crippen molar-refractivity contribution in [3.63, 3.8) is 0 Å². The van der Waals surface area contributed by atoms with Crippen LogP contribution in [0.4, 0.5) is 5.69 Å². The molecule has 23 heavy (non-hydrogen) atoms. The van der Waals surface area contributed by atoms with Gasteiger partial charge in [0, 0.05) is 11.8 Å². The van der Waals surface area contributed by atoms with Gasteiger partial charge in [-0.2, -0.15) is 0 Å². The van der Waals surface area contributed by atoms with E-state index in [1.165, 1.54) is 6.08 Å². The Kier molecular flexibility index (Phi) is 5.46. The molecule has 0 saturated carbocycles. The molecule has 2 rings (SSSR count). The molecule has 0 radical (unpaired) electrons. The second kappa shape index (κ2) is 7.74. The van der Waals surface area contributed by atoms with E-state index in [0.29, 0.717) is 11.3 Å². The fourth-order valence-electron chi connectivity index (χ4n) is 1.87. The smallest absolute Gasteiger partial charge is 0.262 e. The van der Waals surface area contributed by atoms with Crippen LogP contribution in [0.15, 0.2) is 54.7 Å². The summed E-state index contributed by atoms with van der Waals surface area (Å²) in [7, 11) is 0. The Bertz CT molecular complexity index is 724. The molecule has 0 spiro atoms. The minimum atomic E-state index is -0.527. The maximum absolute atomic E-state index is 11.9. The molecule has 118 valence electrons. The number of ether oxygens (including phenoxy) is 1. The molecule has 0 aromatic heterocycles. The second-order valence-electron chi connectivity index (χ2n) is 4.82. The lowest BCUT2D eigenvalue weighted by Crippen LogP contribution is -2.20. The average Bonchev–Trinajstić information content (AvgIpc) is 2.54. The van der Waals surface area contributed by atoms with Crippen molar-refractivity contribution in [1.82, 2.24) is 0 Å². The molecule has 0 aliphatic rings. The van der Waals surface area contributed by atoms with Crippen LogP contribution < -0.4 is 10.1 Å². The summed E-state index contributed by atoms with van der Waals surface area (Å²) in [6.07, 6.45) is 2.25. The molecule has 6 heteroatoms. The van der Waals surface area contributed by atoms with Crippen LogP contribution in [0.5, 0.6) is 5.75 Å². The molecule has 0 aliphatic carbocycles. The van der Waals surface area contributed by atoms with Gasteiger partial charge in [0.2, 0.25) is 6.20 Å². The van der Waals surface area contributed by atoms with Gasteiger partial charge in [-0.25, -0.2) is 0 Å². The molecule has 0 heterocycles. The lowest BCUT2D eigenvalue weighted by Gasteiger charge is -2.09. The first-order valence-electron chi connectivity index (χ1n) is 6.94. The molecular formula is C17H16N2O4. The third-order valence-electron chi connectivity index (χ3n) is 3.06. The summed E-state index contributed by atoms with van der Waals surface area (Å²) in [4.78, 5) is 21.6. The van der Waals surface area contributed by atoms with Gasteiger partial charge >= 0.3 is 0 Å². The van der Waals surface area contributed by atoms with E-state index in [4.69, 9.17) is 4.74 Å². The molecule has 0 fully saturated rings. The molecule has 2 aromatic carbocycles. The van der Waals surface area contributed by atoms with E-state index in [-0.39, 0.29) is 12.5 Å². The van der Waals surface area contributed by atoms with Gasteiger partial charge < -0.3 is 10.1 Å². The van der Waals surface area contributed by atoms with E-state index in [9.17, 15) is 14.9 Å². The maximum atomic E-state index is 11.9. The number of benzene rings is 2. The largest absolute Gasteiger partial charge is 0.484 e. The summed E-state index contributed by atoms with van der Waals surface area (Å²) in [5.41, 5.74) is 2.41. The highest BCUT2D eigenvalue weighted by molar-refractivity contribution is 5.92. The zero-order chi connectivity index (χ0) is 16.7. The lowest BCUT2D eigenvalue weighted by molar-refractivity contribution is -0.400. The molecule has 0 atom stereocenters. The van der Waals surface area contributed by atoms with E-state index in [1.54, 1.807) is 24.3 Å². The summed E-state index contributed by atoms with van der Waals surface area (Å²) in [6.45, 7) is 1.80. The third kappa shape index (κ3) is 5.28. The Labute approximate surface area is 133 Å². The zero-order valence-electron chi connectivity index (χ0n) is 12.6.